The van der Waals surface area contributed by atoms with Crippen LogP contribution in [-0.4, -0.2) is 16.1 Å². The minimum absolute atomic E-state index is 0.0364. The van der Waals surface area contributed by atoms with Crippen molar-refractivity contribution >= 4 is 44.9 Å². The van der Waals surface area contributed by atoms with Gasteiger partial charge in [-0.05, 0) is 29.7 Å². The summed E-state index contributed by atoms with van der Waals surface area (Å²) in [6.07, 6.45) is 0.766. The molecule has 3 heterocycles. The van der Waals surface area contributed by atoms with Crippen LogP contribution in [0.3, 0.4) is 0 Å². The van der Waals surface area contributed by atoms with Crippen molar-refractivity contribution in [1.82, 2.24) is 10.2 Å². The second-order valence-corrected chi connectivity index (χ2v) is 9.36. The first-order valence-corrected chi connectivity index (χ1v) is 11.1. The fourth-order valence-electron chi connectivity index (χ4n) is 3.87. The molecule has 31 heavy (non-hydrogen) atoms. The number of aromatic nitrogens is 2. The van der Waals surface area contributed by atoms with E-state index in [9.17, 15) is 9.59 Å². The van der Waals surface area contributed by atoms with Gasteiger partial charge in [0.15, 0.2) is 5.43 Å². The number of fused-ring (bicyclic) bond motifs is 2. The van der Waals surface area contributed by atoms with E-state index in [4.69, 9.17) is 16.0 Å². The van der Waals surface area contributed by atoms with Crippen LogP contribution in [0.1, 0.15) is 46.6 Å². The lowest BCUT2D eigenvalue weighted by atomic mass is 9.99. The van der Waals surface area contributed by atoms with Gasteiger partial charge in [0.2, 0.25) is 10.9 Å². The molecule has 0 saturated heterocycles. The minimum atomic E-state index is -0.650. The van der Waals surface area contributed by atoms with Crippen molar-refractivity contribution in [3.8, 4) is 0 Å². The monoisotopic (exact) mass is 451 g/mol. The van der Waals surface area contributed by atoms with Gasteiger partial charge in [-0.3, -0.25) is 14.5 Å². The predicted octanol–water partition coefficient (Wildman–Crippen LogP) is 5.25. The van der Waals surface area contributed by atoms with Crippen molar-refractivity contribution in [1.29, 1.82) is 0 Å². The molecule has 0 unspecified atom stereocenters. The number of carbonyl (C=O) groups is 1. The van der Waals surface area contributed by atoms with E-state index in [1.165, 1.54) is 16.2 Å². The number of amides is 1. The second-order valence-electron chi connectivity index (χ2n) is 7.88. The first-order valence-electron chi connectivity index (χ1n) is 9.91. The quantitative estimate of drug-likeness (QED) is 0.423. The Morgan fingerprint density at radius 1 is 1.13 bits per heavy atom. The number of rotatable bonds is 4. The van der Waals surface area contributed by atoms with Crippen molar-refractivity contribution in [2.45, 2.75) is 26.3 Å². The Balaban J connectivity index is 1.74. The topological polar surface area (TPSA) is 76.3 Å². The smallest absolute Gasteiger partial charge is 0.297 e. The Hall–Kier alpha value is -3.03. The highest BCUT2D eigenvalue weighted by Gasteiger charge is 2.45. The molecule has 0 aliphatic carbocycles. The summed E-state index contributed by atoms with van der Waals surface area (Å²) < 4.78 is 5.93. The molecular formula is C23H18ClN3O3S. The second kappa shape index (κ2) is 7.59. The third-order valence-electron chi connectivity index (χ3n) is 5.19. The van der Waals surface area contributed by atoms with Crippen LogP contribution in [0.15, 0.2) is 57.7 Å². The highest BCUT2D eigenvalue weighted by molar-refractivity contribution is 7.15. The molecule has 6 nitrogen and oxygen atoms in total. The number of benzene rings is 2. The fraction of sp³-hybridized carbons (Fsp3) is 0.217. The molecule has 5 rings (SSSR count). The van der Waals surface area contributed by atoms with E-state index in [1.54, 1.807) is 18.2 Å². The first-order chi connectivity index (χ1) is 14.9. The van der Waals surface area contributed by atoms with Crippen LogP contribution < -0.4 is 10.3 Å². The Morgan fingerprint density at radius 2 is 1.90 bits per heavy atom. The van der Waals surface area contributed by atoms with Crippen molar-refractivity contribution in [3.05, 3.63) is 85.7 Å². The zero-order valence-corrected chi connectivity index (χ0v) is 18.4. The lowest BCUT2D eigenvalue weighted by Crippen LogP contribution is -2.29. The molecule has 1 aliphatic rings. The van der Waals surface area contributed by atoms with Crippen LogP contribution in [0.25, 0.3) is 11.0 Å². The van der Waals surface area contributed by atoms with Gasteiger partial charge in [-0.1, -0.05) is 67.1 Å². The van der Waals surface area contributed by atoms with E-state index in [0.29, 0.717) is 32.6 Å². The Bertz CT molecular complexity index is 1360. The fourth-order valence-corrected chi connectivity index (χ4v) is 5.12. The third kappa shape index (κ3) is 3.34. The largest absolute Gasteiger partial charge is 0.450 e. The predicted molar refractivity (Wildman–Crippen MR) is 121 cm³/mol. The molecule has 0 spiro atoms. The van der Waals surface area contributed by atoms with Crippen molar-refractivity contribution in [2.24, 2.45) is 5.92 Å². The zero-order chi connectivity index (χ0) is 21.7. The average molecular weight is 452 g/mol. The van der Waals surface area contributed by atoms with E-state index >= 15 is 0 Å². The van der Waals surface area contributed by atoms with Gasteiger partial charge < -0.3 is 4.42 Å². The van der Waals surface area contributed by atoms with Crippen LogP contribution in [0.5, 0.6) is 0 Å². The molecule has 4 aromatic rings. The van der Waals surface area contributed by atoms with E-state index in [2.05, 4.69) is 24.0 Å². The molecule has 1 atom stereocenters. The number of anilines is 1. The summed E-state index contributed by atoms with van der Waals surface area (Å²) in [4.78, 5) is 28.5. The number of carbonyl (C=O) groups excluding carboxylic acids is 1. The van der Waals surface area contributed by atoms with E-state index in [1.807, 2.05) is 30.3 Å². The summed E-state index contributed by atoms with van der Waals surface area (Å²) in [5.41, 5.74) is 1.15. The average Bonchev–Trinajstić information content (AvgIpc) is 3.31. The first kappa shape index (κ1) is 19.9. The molecular weight excluding hydrogens is 434 g/mol. The molecule has 0 N–H and O–H groups in total. The van der Waals surface area contributed by atoms with E-state index in [0.717, 1.165) is 17.0 Å². The molecule has 2 aromatic carbocycles. The SMILES string of the molecule is CC(C)Cc1nnc(N2C(=O)c3oc4ccc(Cl)cc4c(=O)c3[C@H]2c2ccccc2)s1. The summed E-state index contributed by atoms with van der Waals surface area (Å²) in [7, 11) is 0. The van der Waals surface area contributed by atoms with Gasteiger partial charge in [0, 0.05) is 11.4 Å². The zero-order valence-electron chi connectivity index (χ0n) is 16.8. The molecule has 0 fully saturated rings. The minimum Gasteiger partial charge on any atom is -0.450 e. The molecule has 0 radical (unpaired) electrons. The van der Waals surface area contributed by atoms with E-state index < -0.39 is 11.9 Å². The highest BCUT2D eigenvalue weighted by Crippen LogP contribution is 2.42. The number of halogens is 1. The van der Waals surface area contributed by atoms with Gasteiger partial charge in [-0.25, -0.2) is 0 Å². The van der Waals surface area contributed by atoms with Crippen molar-refractivity contribution in [3.63, 3.8) is 0 Å². The Labute approximate surface area is 187 Å². The molecule has 156 valence electrons. The Kier molecular flexibility index (Phi) is 4.87. The number of hydrogen-bond acceptors (Lipinski definition) is 6. The van der Waals surface area contributed by atoms with Crippen LogP contribution in [0, 0.1) is 5.92 Å². The van der Waals surface area contributed by atoms with Gasteiger partial charge in [-0.2, -0.15) is 0 Å². The van der Waals surface area contributed by atoms with Crippen LogP contribution in [0.2, 0.25) is 5.02 Å². The normalized spacial score (nSPS) is 15.8. The lowest BCUT2D eigenvalue weighted by molar-refractivity contribution is 0.0970. The summed E-state index contributed by atoms with van der Waals surface area (Å²) in [6.45, 7) is 4.20. The molecule has 0 saturated carbocycles. The number of nitrogens with zero attached hydrogens (tertiary/aromatic N) is 3. The third-order valence-corrected chi connectivity index (χ3v) is 6.37. The van der Waals surface area contributed by atoms with Gasteiger partial charge >= 0.3 is 0 Å². The van der Waals surface area contributed by atoms with E-state index in [-0.39, 0.29) is 11.2 Å². The molecule has 0 bridgehead atoms. The summed E-state index contributed by atoms with van der Waals surface area (Å²) in [5.74, 6) is 0.0508. The summed E-state index contributed by atoms with van der Waals surface area (Å²) in [5, 5.41) is 10.6. The Morgan fingerprint density at radius 3 is 2.65 bits per heavy atom. The maximum absolute atomic E-state index is 13.5. The van der Waals surface area contributed by atoms with Crippen LogP contribution in [0.4, 0.5) is 5.13 Å². The van der Waals surface area contributed by atoms with Gasteiger partial charge in [0.05, 0.1) is 17.0 Å². The van der Waals surface area contributed by atoms with Gasteiger partial charge in [0.25, 0.3) is 5.91 Å². The standard InChI is InChI=1S/C23H18ClN3O3S/c1-12(2)10-17-25-26-23(31-17)27-19(13-6-4-3-5-7-13)18-20(28)15-11-14(24)8-9-16(15)30-21(18)22(27)29/h3-9,11-12,19H,10H2,1-2H3/t19-/m1/s1. The molecule has 2 aromatic heterocycles. The van der Waals surface area contributed by atoms with Crippen LogP contribution >= 0.6 is 22.9 Å². The lowest BCUT2D eigenvalue weighted by Gasteiger charge is -2.21. The van der Waals surface area contributed by atoms with Crippen molar-refractivity contribution < 1.29 is 9.21 Å². The van der Waals surface area contributed by atoms with Gasteiger partial charge in [-0.15, -0.1) is 10.2 Å². The highest BCUT2D eigenvalue weighted by atomic mass is 35.5. The summed E-state index contributed by atoms with van der Waals surface area (Å²) >= 11 is 7.48. The van der Waals surface area contributed by atoms with Crippen molar-refractivity contribution in [2.75, 3.05) is 4.90 Å². The maximum atomic E-state index is 13.5. The molecule has 1 aliphatic heterocycles. The number of hydrogen-bond donors (Lipinski definition) is 0. The molecule has 8 heteroatoms. The van der Waals surface area contributed by atoms with Crippen LogP contribution in [-0.2, 0) is 6.42 Å². The molecule has 1 amide bonds. The van der Waals surface area contributed by atoms with Gasteiger partial charge in [0.1, 0.15) is 10.6 Å². The summed E-state index contributed by atoms with van der Waals surface area (Å²) in [6, 6.07) is 13.6. The maximum Gasteiger partial charge on any atom is 0.297 e.